The fourth-order valence-electron chi connectivity index (χ4n) is 1.71. The highest BCUT2D eigenvalue weighted by molar-refractivity contribution is 5.76. The second-order valence-corrected chi connectivity index (χ2v) is 3.77. The molecule has 0 radical (unpaired) electrons. The van der Waals surface area contributed by atoms with E-state index in [4.69, 9.17) is 0 Å². The molecular formula is C14H18O. The summed E-state index contributed by atoms with van der Waals surface area (Å²) in [7, 11) is 0. The fourth-order valence-corrected chi connectivity index (χ4v) is 1.71. The molecule has 0 amide bonds. The summed E-state index contributed by atoms with van der Waals surface area (Å²) in [4.78, 5) is 10.3. The zero-order valence-corrected chi connectivity index (χ0v) is 9.33. The highest BCUT2D eigenvalue weighted by Crippen LogP contribution is 2.13. The largest absolute Gasteiger partial charge is 0.233 e. The van der Waals surface area contributed by atoms with Crippen molar-refractivity contribution in [3.8, 4) is 0 Å². The maximum Gasteiger partial charge on any atom is 0.125 e. The first-order valence-electron chi connectivity index (χ1n) is 5.67. The highest BCUT2D eigenvalue weighted by atomic mass is 16.1. The van der Waals surface area contributed by atoms with Crippen LogP contribution in [0.4, 0.5) is 0 Å². The smallest absolute Gasteiger partial charge is 0.125 e. The Bertz CT molecular complexity index is 335. The van der Waals surface area contributed by atoms with Crippen molar-refractivity contribution < 1.29 is 4.79 Å². The van der Waals surface area contributed by atoms with Gasteiger partial charge >= 0.3 is 0 Å². The standard InChI is InChI=1S/C14H18O/c1-2-3-4-5-8-13-9-6-7-10-14(13)11-12-15/h6-7,9-11H,2-5,8H2,1H3. The van der Waals surface area contributed by atoms with Crippen molar-refractivity contribution in [2.45, 2.75) is 39.0 Å². The van der Waals surface area contributed by atoms with Gasteiger partial charge in [0.05, 0.1) is 0 Å². The van der Waals surface area contributed by atoms with E-state index < -0.39 is 0 Å². The molecule has 0 bridgehead atoms. The van der Waals surface area contributed by atoms with Gasteiger partial charge in [0.15, 0.2) is 0 Å². The Kier molecular flexibility index (Phi) is 5.50. The molecule has 0 atom stereocenters. The predicted molar refractivity (Wildman–Crippen MR) is 64.4 cm³/mol. The molecule has 0 unspecified atom stereocenters. The Balaban J connectivity index is 2.55. The van der Waals surface area contributed by atoms with E-state index in [2.05, 4.69) is 13.0 Å². The summed E-state index contributed by atoms with van der Waals surface area (Å²) in [5.41, 5.74) is 2.28. The summed E-state index contributed by atoms with van der Waals surface area (Å²) in [5, 5.41) is 0. The molecule has 0 aliphatic carbocycles. The molecule has 0 N–H and O–H groups in total. The molecule has 0 saturated heterocycles. The van der Waals surface area contributed by atoms with Gasteiger partial charge in [-0.25, -0.2) is 4.79 Å². The Morgan fingerprint density at radius 2 is 2.00 bits per heavy atom. The van der Waals surface area contributed by atoms with Crippen LogP contribution in [0.25, 0.3) is 6.08 Å². The summed E-state index contributed by atoms with van der Waals surface area (Å²) < 4.78 is 0. The number of carbonyl (C=O) groups excluding carboxylic acids is 1. The third kappa shape index (κ3) is 4.14. The summed E-state index contributed by atoms with van der Waals surface area (Å²) in [6.07, 6.45) is 7.62. The minimum atomic E-state index is 1.02. The van der Waals surface area contributed by atoms with E-state index in [0.29, 0.717) is 0 Å². The molecule has 15 heavy (non-hydrogen) atoms. The SMILES string of the molecule is CCCCCCc1ccccc1C=C=O. The van der Waals surface area contributed by atoms with Crippen LogP contribution in [0.15, 0.2) is 24.3 Å². The molecule has 0 fully saturated rings. The van der Waals surface area contributed by atoms with Gasteiger partial charge in [0, 0.05) is 6.08 Å². The van der Waals surface area contributed by atoms with E-state index >= 15 is 0 Å². The van der Waals surface area contributed by atoms with Gasteiger partial charge in [-0.1, -0.05) is 50.5 Å². The third-order valence-electron chi connectivity index (χ3n) is 2.57. The van der Waals surface area contributed by atoms with E-state index in [1.807, 2.05) is 24.1 Å². The molecule has 0 saturated carbocycles. The van der Waals surface area contributed by atoms with E-state index in [0.717, 1.165) is 12.0 Å². The van der Waals surface area contributed by atoms with Crippen LogP contribution in [0.1, 0.15) is 43.7 Å². The summed E-state index contributed by atoms with van der Waals surface area (Å²) in [5.74, 6) is 1.85. The van der Waals surface area contributed by atoms with Crippen molar-refractivity contribution in [3.63, 3.8) is 0 Å². The molecule has 0 spiro atoms. The zero-order valence-electron chi connectivity index (χ0n) is 9.33. The van der Waals surface area contributed by atoms with Crippen molar-refractivity contribution >= 4 is 12.0 Å². The van der Waals surface area contributed by atoms with Crippen molar-refractivity contribution in [1.82, 2.24) is 0 Å². The van der Waals surface area contributed by atoms with E-state index in [9.17, 15) is 4.79 Å². The molecule has 1 nitrogen and oxygen atoms in total. The number of aryl methyl sites for hydroxylation is 1. The monoisotopic (exact) mass is 202 g/mol. The van der Waals surface area contributed by atoms with Crippen molar-refractivity contribution in [1.29, 1.82) is 0 Å². The lowest BCUT2D eigenvalue weighted by Crippen LogP contribution is -1.89. The third-order valence-corrected chi connectivity index (χ3v) is 2.57. The van der Waals surface area contributed by atoms with Gasteiger partial charge in [0.2, 0.25) is 0 Å². The van der Waals surface area contributed by atoms with E-state index in [1.165, 1.54) is 37.3 Å². The van der Waals surface area contributed by atoms with Crippen LogP contribution >= 0.6 is 0 Å². The number of benzene rings is 1. The lowest BCUT2D eigenvalue weighted by atomic mass is 10.0. The van der Waals surface area contributed by atoms with Crippen LogP contribution in [0.5, 0.6) is 0 Å². The Morgan fingerprint density at radius 3 is 2.73 bits per heavy atom. The fraction of sp³-hybridized carbons (Fsp3) is 0.429. The summed E-state index contributed by atoms with van der Waals surface area (Å²) in [6, 6.07) is 8.05. The molecule has 0 aromatic heterocycles. The van der Waals surface area contributed by atoms with Crippen molar-refractivity contribution in [2.75, 3.05) is 0 Å². The highest BCUT2D eigenvalue weighted by Gasteiger charge is 1.98. The normalized spacial score (nSPS) is 9.67. The van der Waals surface area contributed by atoms with Crippen molar-refractivity contribution in [2.24, 2.45) is 0 Å². The van der Waals surface area contributed by atoms with Crippen LogP contribution in [0.3, 0.4) is 0 Å². The zero-order chi connectivity index (χ0) is 10.9. The minimum Gasteiger partial charge on any atom is -0.233 e. The lowest BCUT2D eigenvalue weighted by Gasteiger charge is -2.04. The first-order chi connectivity index (χ1) is 7.38. The summed E-state index contributed by atoms with van der Waals surface area (Å²) >= 11 is 0. The number of rotatable bonds is 6. The Labute approximate surface area is 91.8 Å². The molecule has 0 heterocycles. The van der Waals surface area contributed by atoms with Crippen LogP contribution in [0, 0.1) is 0 Å². The molecule has 0 aliphatic heterocycles. The van der Waals surface area contributed by atoms with Crippen molar-refractivity contribution in [3.05, 3.63) is 35.4 Å². The maximum atomic E-state index is 10.3. The molecule has 80 valence electrons. The number of hydrogen-bond donors (Lipinski definition) is 0. The molecule has 1 rings (SSSR count). The van der Waals surface area contributed by atoms with E-state index in [1.54, 1.807) is 0 Å². The predicted octanol–water partition coefficient (Wildman–Crippen LogP) is 3.65. The van der Waals surface area contributed by atoms with Crippen LogP contribution < -0.4 is 0 Å². The average molecular weight is 202 g/mol. The van der Waals surface area contributed by atoms with Crippen LogP contribution in [0.2, 0.25) is 0 Å². The maximum absolute atomic E-state index is 10.3. The molecule has 0 aliphatic rings. The van der Waals surface area contributed by atoms with Crippen LogP contribution in [-0.4, -0.2) is 5.94 Å². The minimum absolute atomic E-state index is 1.02. The Morgan fingerprint density at radius 1 is 1.20 bits per heavy atom. The van der Waals surface area contributed by atoms with Gasteiger partial charge in [0.1, 0.15) is 5.94 Å². The van der Waals surface area contributed by atoms with Gasteiger partial charge in [0.25, 0.3) is 0 Å². The van der Waals surface area contributed by atoms with Gasteiger partial charge < -0.3 is 0 Å². The molecule has 1 aromatic rings. The first-order valence-corrected chi connectivity index (χ1v) is 5.67. The number of hydrogen-bond acceptors (Lipinski definition) is 1. The summed E-state index contributed by atoms with van der Waals surface area (Å²) in [6.45, 7) is 2.21. The van der Waals surface area contributed by atoms with Gasteiger partial charge in [-0.15, -0.1) is 0 Å². The van der Waals surface area contributed by atoms with Gasteiger partial charge in [-0.05, 0) is 24.0 Å². The quantitative estimate of drug-likeness (QED) is 0.508. The topological polar surface area (TPSA) is 17.1 Å². The molecular weight excluding hydrogens is 184 g/mol. The van der Waals surface area contributed by atoms with Crippen LogP contribution in [-0.2, 0) is 11.2 Å². The van der Waals surface area contributed by atoms with Gasteiger partial charge in [-0.3, -0.25) is 0 Å². The van der Waals surface area contributed by atoms with Gasteiger partial charge in [-0.2, -0.15) is 0 Å². The molecule has 1 heteroatoms. The second-order valence-electron chi connectivity index (χ2n) is 3.77. The first kappa shape index (κ1) is 11.7. The second kappa shape index (κ2) is 7.03. The number of unbranched alkanes of at least 4 members (excludes halogenated alkanes) is 3. The average Bonchev–Trinajstić information content (AvgIpc) is 2.27. The van der Waals surface area contributed by atoms with E-state index in [-0.39, 0.29) is 0 Å². The molecule has 1 aromatic carbocycles. The lowest BCUT2D eigenvalue weighted by molar-refractivity contribution is 0.570. The Hall–Kier alpha value is -1.33.